The Bertz CT molecular complexity index is 380. The number of aliphatic hydroxyl groups excluding tert-OH is 1. The fraction of sp³-hybridized carbons (Fsp3) is 0.600. The third-order valence-corrected chi connectivity index (χ3v) is 3.61. The van der Waals surface area contributed by atoms with Crippen molar-refractivity contribution in [1.82, 2.24) is 0 Å². The van der Waals surface area contributed by atoms with Gasteiger partial charge in [0.2, 0.25) is 0 Å². The average Bonchev–Trinajstić information content (AvgIpc) is 2.59. The van der Waals surface area contributed by atoms with Gasteiger partial charge in [0.15, 0.2) is 0 Å². The van der Waals surface area contributed by atoms with Crippen LogP contribution in [0.1, 0.15) is 37.8 Å². The molecule has 0 aromatic heterocycles. The SMILES string of the molecule is Cc1ccc(CC2(CO)CCC(C)(C)O2)cc1. The number of hydrogen-bond acceptors (Lipinski definition) is 2. The fourth-order valence-corrected chi connectivity index (χ4v) is 2.59. The maximum Gasteiger partial charge on any atom is 0.0960 e. The summed E-state index contributed by atoms with van der Waals surface area (Å²) >= 11 is 0. The lowest BCUT2D eigenvalue weighted by Crippen LogP contribution is -2.38. The van der Waals surface area contributed by atoms with Crippen LogP contribution in [-0.2, 0) is 11.2 Å². The molecule has 1 N–H and O–H groups in total. The number of hydrogen-bond donors (Lipinski definition) is 1. The maximum absolute atomic E-state index is 9.64. The lowest BCUT2D eigenvalue weighted by atomic mass is 9.91. The number of rotatable bonds is 3. The van der Waals surface area contributed by atoms with E-state index in [2.05, 4.69) is 45.0 Å². The second-order valence-electron chi connectivity index (χ2n) is 5.87. The summed E-state index contributed by atoms with van der Waals surface area (Å²) in [6.07, 6.45) is 2.75. The smallest absolute Gasteiger partial charge is 0.0960 e. The summed E-state index contributed by atoms with van der Waals surface area (Å²) < 4.78 is 6.07. The Kier molecular flexibility index (Phi) is 3.28. The van der Waals surface area contributed by atoms with E-state index < -0.39 is 0 Å². The van der Waals surface area contributed by atoms with E-state index >= 15 is 0 Å². The first-order valence-electron chi connectivity index (χ1n) is 6.31. The zero-order valence-electron chi connectivity index (χ0n) is 11.0. The van der Waals surface area contributed by atoms with Crippen molar-refractivity contribution in [3.63, 3.8) is 0 Å². The third-order valence-electron chi connectivity index (χ3n) is 3.61. The van der Waals surface area contributed by atoms with Crippen LogP contribution in [0.25, 0.3) is 0 Å². The highest BCUT2D eigenvalue weighted by atomic mass is 16.5. The van der Waals surface area contributed by atoms with Gasteiger partial charge in [-0.25, -0.2) is 0 Å². The van der Waals surface area contributed by atoms with Gasteiger partial charge in [-0.15, -0.1) is 0 Å². The molecule has 1 heterocycles. The molecule has 1 aliphatic heterocycles. The van der Waals surface area contributed by atoms with Crippen LogP contribution in [0.4, 0.5) is 0 Å². The van der Waals surface area contributed by atoms with Crippen LogP contribution in [0.3, 0.4) is 0 Å². The van der Waals surface area contributed by atoms with Crippen molar-refractivity contribution in [2.75, 3.05) is 6.61 Å². The summed E-state index contributed by atoms with van der Waals surface area (Å²) in [6, 6.07) is 8.48. The van der Waals surface area contributed by atoms with Gasteiger partial charge in [0.25, 0.3) is 0 Å². The van der Waals surface area contributed by atoms with Gasteiger partial charge in [-0.05, 0) is 39.2 Å². The molecule has 17 heavy (non-hydrogen) atoms. The van der Waals surface area contributed by atoms with Crippen molar-refractivity contribution in [2.24, 2.45) is 0 Å². The lowest BCUT2D eigenvalue weighted by Gasteiger charge is -2.30. The fourth-order valence-electron chi connectivity index (χ4n) is 2.59. The average molecular weight is 234 g/mol. The monoisotopic (exact) mass is 234 g/mol. The molecule has 1 aromatic carbocycles. The molecule has 1 aliphatic rings. The summed E-state index contributed by atoms with van der Waals surface area (Å²) in [4.78, 5) is 0. The molecule has 1 aromatic rings. The predicted molar refractivity (Wildman–Crippen MR) is 69.1 cm³/mol. The van der Waals surface area contributed by atoms with Crippen LogP contribution >= 0.6 is 0 Å². The van der Waals surface area contributed by atoms with Crippen molar-refractivity contribution in [2.45, 2.75) is 51.2 Å². The van der Waals surface area contributed by atoms with E-state index in [-0.39, 0.29) is 17.8 Å². The Morgan fingerprint density at radius 2 is 1.82 bits per heavy atom. The molecule has 2 nitrogen and oxygen atoms in total. The van der Waals surface area contributed by atoms with Gasteiger partial charge >= 0.3 is 0 Å². The first-order chi connectivity index (χ1) is 7.95. The molecular formula is C15H22O2. The third kappa shape index (κ3) is 2.88. The summed E-state index contributed by atoms with van der Waals surface area (Å²) in [5.41, 5.74) is 2.02. The highest BCUT2D eigenvalue weighted by Gasteiger charge is 2.43. The van der Waals surface area contributed by atoms with Gasteiger partial charge in [-0.3, -0.25) is 0 Å². The molecule has 0 bridgehead atoms. The number of aryl methyl sites for hydroxylation is 1. The van der Waals surface area contributed by atoms with Crippen LogP contribution < -0.4 is 0 Å². The van der Waals surface area contributed by atoms with E-state index in [4.69, 9.17) is 4.74 Å². The highest BCUT2D eigenvalue weighted by molar-refractivity contribution is 5.23. The number of ether oxygens (including phenoxy) is 1. The molecule has 1 unspecified atom stereocenters. The van der Waals surface area contributed by atoms with Crippen LogP contribution in [0, 0.1) is 6.92 Å². The molecule has 0 saturated carbocycles. The molecule has 1 fully saturated rings. The van der Waals surface area contributed by atoms with Crippen LogP contribution in [0.5, 0.6) is 0 Å². The van der Waals surface area contributed by atoms with Gasteiger partial charge < -0.3 is 9.84 Å². The molecule has 0 spiro atoms. The largest absolute Gasteiger partial charge is 0.393 e. The minimum absolute atomic E-state index is 0.101. The first kappa shape index (κ1) is 12.6. The predicted octanol–water partition coefficient (Wildman–Crippen LogP) is 2.86. The molecule has 0 radical (unpaired) electrons. The zero-order valence-corrected chi connectivity index (χ0v) is 11.0. The van der Waals surface area contributed by atoms with E-state index in [1.807, 2.05) is 0 Å². The van der Waals surface area contributed by atoms with Gasteiger partial charge in [0.05, 0.1) is 17.8 Å². The van der Waals surface area contributed by atoms with Crippen molar-refractivity contribution < 1.29 is 9.84 Å². The standard InChI is InChI=1S/C15H22O2/c1-12-4-6-13(7-5-12)10-15(11-16)9-8-14(2,3)17-15/h4-7,16H,8-11H2,1-3H3. The zero-order chi connectivity index (χ0) is 12.5. The van der Waals surface area contributed by atoms with Gasteiger partial charge in [-0.2, -0.15) is 0 Å². The van der Waals surface area contributed by atoms with E-state index in [9.17, 15) is 5.11 Å². The summed E-state index contributed by atoms with van der Waals surface area (Å²) in [6.45, 7) is 6.38. The minimum atomic E-state index is -0.376. The second kappa shape index (κ2) is 4.43. The van der Waals surface area contributed by atoms with Crippen LogP contribution in [-0.4, -0.2) is 22.9 Å². The van der Waals surface area contributed by atoms with E-state index in [0.29, 0.717) is 0 Å². The van der Waals surface area contributed by atoms with Crippen molar-refractivity contribution in [1.29, 1.82) is 0 Å². The summed E-state index contributed by atoms with van der Waals surface area (Å²) in [5, 5.41) is 9.64. The summed E-state index contributed by atoms with van der Waals surface area (Å²) in [5.74, 6) is 0. The van der Waals surface area contributed by atoms with E-state index in [1.54, 1.807) is 0 Å². The maximum atomic E-state index is 9.64. The number of benzene rings is 1. The minimum Gasteiger partial charge on any atom is -0.393 e. The van der Waals surface area contributed by atoms with Crippen molar-refractivity contribution >= 4 is 0 Å². The molecule has 1 saturated heterocycles. The van der Waals surface area contributed by atoms with Crippen LogP contribution in [0.2, 0.25) is 0 Å². The Labute approximate surface area is 104 Å². The molecule has 0 aliphatic carbocycles. The summed E-state index contributed by atoms with van der Waals surface area (Å²) in [7, 11) is 0. The molecule has 1 atom stereocenters. The van der Waals surface area contributed by atoms with Crippen molar-refractivity contribution in [3.05, 3.63) is 35.4 Å². The highest BCUT2D eigenvalue weighted by Crippen LogP contribution is 2.39. The molecular weight excluding hydrogens is 212 g/mol. The van der Waals surface area contributed by atoms with E-state index in [0.717, 1.165) is 19.3 Å². The Balaban J connectivity index is 2.13. The molecule has 94 valence electrons. The van der Waals surface area contributed by atoms with Crippen molar-refractivity contribution in [3.8, 4) is 0 Å². The number of aliphatic hydroxyl groups is 1. The van der Waals surface area contributed by atoms with Gasteiger partial charge in [0, 0.05) is 6.42 Å². The quantitative estimate of drug-likeness (QED) is 0.871. The van der Waals surface area contributed by atoms with Crippen LogP contribution in [0.15, 0.2) is 24.3 Å². The normalized spacial score (nSPS) is 27.3. The Hall–Kier alpha value is -0.860. The Morgan fingerprint density at radius 1 is 1.18 bits per heavy atom. The Morgan fingerprint density at radius 3 is 2.29 bits per heavy atom. The molecule has 2 heteroatoms. The molecule has 2 rings (SSSR count). The van der Waals surface area contributed by atoms with E-state index in [1.165, 1.54) is 11.1 Å². The second-order valence-corrected chi connectivity index (χ2v) is 5.87. The van der Waals surface area contributed by atoms with Gasteiger partial charge in [0.1, 0.15) is 0 Å². The van der Waals surface area contributed by atoms with Gasteiger partial charge in [-0.1, -0.05) is 29.8 Å². The first-order valence-corrected chi connectivity index (χ1v) is 6.31. The lowest BCUT2D eigenvalue weighted by molar-refractivity contribution is -0.109. The molecule has 0 amide bonds. The topological polar surface area (TPSA) is 29.5 Å².